The van der Waals surface area contributed by atoms with Gasteiger partial charge in [0, 0.05) is 45.4 Å². The van der Waals surface area contributed by atoms with Crippen molar-refractivity contribution in [3.05, 3.63) is 188 Å². The Labute approximate surface area is 329 Å². The molecule has 56 heavy (non-hydrogen) atoms. The van der Waals surface area contributed by atoms with Crippen molar-refractivity contribution < 1.29 is 4.74 Å². The van der Waals surface area contributed by atoms with Gasteiger partial charge in [-0.3, -0.25) is 4.57 Å². The van der Waals surface area contributed by atoms with E-state index >= 15 is 0 Å². The number of rotatable bonds is 6. The number of ether oxygens (including phenoxy) is 1. The van der Waals surface area contributed by atoms with Crippen LogP contribution in [0.3, 0.4) is 0 Å². The van der Waals surface area contributed by atoms with E-state index in [0.717, 1.165) is 50.6 Å². The lowest BCUT2D eigenvalue weighted by Crippen LogP contribution is -2.76. The maximum Gasteiger partial charge on any atom is 0.181 e. The second-order valence-corrected chi connectivity index (χ2v) is 19.0. The number of fused-ring (bicyclic) bond motifs is 7. The van der Waals surface area contributed by atoms with Crippen molar-refractivity contribution in [3.63, 3.8) is 0 Å². The summed E-state index contributed by atoms with van der Waals surface area (Å²) < 4.78 is 11.2. The monoisotopic (exact) mass is 754 g/mol. The molecule has 0 radical (unpaired) electrons. The van der Waals surface area contributed by atoms with Crippen LogP contribution in [-0.4, -0.2) is 27.2 Å². The molecule has 0 bridgehead atoms. The van der Waals surface area contributed by atoms with Gasteiger partial charge in [-0.05, 0) is 75.3 Å². The molecule has 4 heterocycles. The third kappa shape index (κ3) is 4.94. The van der Waals surface area contributed by atoms with Crippen molar-refractivity contribution >= 4 is 73.4 Å². The van der Waals surface area contributed by atoms with Gasteiger partial charge in [0.2, 0.25) is 0 Å². The molecule has 0 saturated heterocycles. The van der Waals surface area contributed by atoms with Crippen molar-refractivity contribution in [1.29, 1.82) is 0 Å². The molecular formula is C49H34N4OSSi. The molecule has 0 aliphatic carbocycles. The van der Waals surface area contributed by atoms with E-state index in [1.54, 1.807) is 0 Å². The van der Waals surface area contributed by atoms with Crippen LogP contribution in [0.2, 0.25) is 0 Å². The first-order valence-corrected chi connectivity index (χ1v) is 21.6. The second kappa shape index (κ2) is 13.0. The first kappa shape index (κ1) is 32.7. The zero-order valence-electron chi connectivity index (χ0n) is 30.5. The molecule has 7 heteroatoms. The van der Waals surface area contributed by atoms with E-state index in [2.05, 4.69) is 168 Å². The van der Waals surface area contributed by atoms with Crippen molar-refractivity contribution in [2.75, 3.05) is 0 Å². The minimum atomic E-state index is -2.76. The van der Waals surface area contributed by atoms with Crippen molar-refractivity contribution in [1.82, 2.24) is 19.1 Å². The molecular weight excluding hydrogens is 721 g/mol. The molecule has 11 rings (SSSR count). The van der Waals surface area contributed by atoms with E-state index in [1.807, 2.05) is 48.3 Å². The number of hydrogen-bond acceptors (Lipinski definition) is 4. The lowest BCUT2D eigenvalue weighted by atomic mass is 10.1. The van der Waals surface area contributed by atoms with Crippen molar-refractivity contribution in [3.8, 4) is 28.7 Å². The van der Waals surface area contributed by atoms with Crippen LogP contribution in [0.1, 0.15) is 0 Å². The number of imidazole rings is 1. The summed E-state index contributed by atoms with van der Waals surface area (Å²) in [5, 5.41) is 7.90. The fraction of sp³-hybridized carbons (Fsp3) is 0.0204. The van der Waals surface area contributed by atoms with Crippen LogP contribution in [0, 0.1) is 0 Å². The predicted molar refractivity (Wildman–Crippen MR) is 233 cm³/mol. The van der Waals surface area contributed by atoms with Crippen LogP contribution in [0.4, 0.5) is 0 Å². The van der Waals surface area contributed by atoms with Gasteiger partial charge in [-0.1, -0.05) is 133 Å². The van der Waals surface area contributed by atoms with Gasteiger partial charge in [0.15, 0.2) is 8.07 Å². The summed E-state index contributed by atoms with van der Waals surface area (Å²) >= 11 is 1.88. The maximum atomic E-state index is 6.69. The Hall–Kier alpha value is -6.67. The number of benzene rings is 7. The lowest BCUT2D eigenvalue weighted by Gasteiger charge is -2.40. The van der Waals surface area contributed by atoms with Crippen LogP contribution >= 0.6 is 11.8 Å². The van der Waals surface area contributed by atoms with Gasteiger partial charge in [-0.25, -0.2) is 9.97 Å². The highest BCUT2D eigenvalue weighted by atomic mass is 32.2. The Morgan fingerprint density at radius 2 is 1.29 bits per heavy atom. The highest BCUT2D eigenvalue weighted by Crippen LogP contribution is 2.43. The number of aromatic nitrogens is 4. The standard InChI is InChI=1S/C49H34N4OSSi/c1-52-41-22-9-8-21-40(41)51-49(52)33-15-14-16-34(31-33)54-35-26-27-38-39-28-29-45-48(47(39)53(42(38)32-35)46-25-12-13-30-50-46)55-43-23-10-11-24-44(43)56(45,36-17-4-2-5-18-36)37-19-6-3-7-20-37/h2-32H,1H3. The molecule has 7 aromatic carbocycles. The van der Waals surface area contributed by atoms with Crippen LogP contribution in [-0.2, 0) is 7.05 Å². The highest BCUT2D eigenvalue weighted by molar-refractivity contribution is 8.00. The molecule has 3 aromatic heterocycles. The van der Waals surface area contributed by atoms with E-state index in [1.165, 1.54) is 41.4 Å². The lowest BCUT2D eigenvalue weighted by molar-refractivity contribution is 0.483. The first-order chi connectivity index (χ1) is 27.7. The second-order valence-electron chi connectivity index (χ2n) is 14.2. The smallest absolute Gasteiger partial charge is 0.181 e. The van der Waals surface area contributed by atoms with Crippen LogP contribution < -0.4 is 25.5 Å². The summed E-state index contributed by atoms with van der Waals surface area (Å²) in [7, 11) is -0.703. The molecule has 1 aliphatic heterocycles. The first-order valence-electron chi connectivity index (χ1n) is 18.8. The van der Waals surface area contributed by atoms with Gasteiger partial charge in [-0.2, -0.15) is 0 Å². The third-order valence-electron chi connectivity index (χ3n) is 11.2. The molecule has 0 unspecified atom stereocenters. The van der Waals surface area contributed by atoms with Gasteiger partial charge in [0.1, 0.15) is 23.1 Å². The van der Waals surface area contributed by atoms with Gasteiger partial charge in [0.05, 0.1) is 22.1 Å². The van der Waals surface area contributed by atoms with Crippen molar-refractivity contribution in [2.45, 2.75) is 9.79 Å². The van der Waals surface area contributed by atoms with E-state index in [0.29, 0.717) is 0 Å². The minimum Gasteiger partial charge on any atom is -0.457 e. The molecule has 10 aromatic rings. The quantitative estimate of drug-likeness (QED) is 0.159. The molecule has 0 N–H and O–H groups in total. The van der Waals surface area contributed by atoms with Crippen LogP contribution in [0.5, 0.6) is 11.5 Å². The van der Waals surface area contributed by atoms with E-state index < -0.39 is 8.07 Å². The molecule has 0 saturated carbocycles. The Morgan fingerprint density at radius 3 is 2.07 bits per heavy atom. The van der Waals surface area contributed by atoms with Crippen LogP contribution in [0.25, 0.3) is 50.0 Å². The SMILES string of the molecule is Cn1c(-c2cccc(Oc3ccc4c5ccc6c(c5n(-c5ccccn5)c4c3)Sc3ccccc3[Si]6(c3ccccc3)c3ccccc3)c2)nc2ccccc21. The molecule has 0 fully saturated rings. The highest BCUT2D eigenvalue weighted by Gasteiger charge is 2.47. The van der Waals surface area contributed by atoms with Gasteiger partial charge in [0.25, 0.3) is 0 Å². The van der Waals surface area contributed by atoms with Gasteiger partial charge < -0.3 is 9.30 Å². The molecule has 0 amide bonds. The fourth-order valence-corrected chi connectivity index (χ4v) is 15.9. The number of nitrogens with zero attached hydrogens (tertiary/aromatic N) is 4. The maximum absolute atomic E-state index is 6.69. The van der Waals surface area contributed by atoms with E-state index in [-0.39, 0.29) is 0 Å². The Kier molecular flexibility index (Phi) is 7.59. The number of hydrogen-bond donors (Lipinski definition) is 0. The molecule has 266 valence electrons. The summed E-state index contributed by atoms with van der Waals surface area (Å²) in [4.78, 5) is 12.5. The summed E-state index contributed by atoms with van der Waals surface area (Å²) in [6.07, 6.45) is 1.88. The Bertz CT molecular complexity index is 3070. The fourth-order valence-electron chi connectivity index (χ4n) is 8.77. The number of aryl methyl sites for hydroxylation is 1. The molecule has 0 spiro atoms. The topological polar surface area (TPSA) is 44.9 Å². The third-order valence-corrected chi connectivity index (χ3v) is 17.6. The zero-order valence-corrected chi connectivity index (χ0v) is 32.3. The van der Waals surface area contributed by atoms with E-state index in [4.69, 9.17) is 14.7 Å². The summed E-state index contributed by atoms with van der Waals surface area (Å²) in [5.41, 5.74) is 5.28. The van der Waals surface area contributed by atoms with Crippen LogP contribution in [0.15, 0.2) is 198 Å². The average Bonchev–Trinajstić information content (AvgIpc) is 3.78. The van der Waals surface area contributed by atoms with Gasteiger partial charge >= 0.3 is 0 Å². The Balaban J connectivity index is 1.13. The molecule has 0 atom stereocenters. The molecule has 1 aliphatic rings. The van der Waals surface area contributed by atoms with E-state index in [9.17, 15) is 0 Å². The largest absolute Gasteiger partial charge is 0.457 e. The minimum absolute atomic E-state index is 0.750. The van der Waals surface area contributed by atoms with Gasteiger partial charge in [-0.15, -0.1) is 0 Å². The number of pyridine rings is 1. The summed E-state index contributed by atoms with van der Waals surface area (Å²) in [6, 6.07) is 65.2. The summed E-state index contributed by atoms with van der Waals surface area (Å²) in [6.45, 7) is 0. The normalized spacial score (nSPS) is 13.2. The average molecular weight is 755 g/mol. The number of para-hydroxylation sites is 2. The molecule has 5 nitrogen and oxygen atoms in total. The Morgan fingerprint density at radius 1 is 0.571 bits per heavy atom. The van der Waals surface area contributed by atoms with Crippen molar-refractivity contribution in [2.24, 2.45) is 7.05 Å². The predicted octanol–water partition coefficient (Wildman–Crippen LogP) is 9.37. The zero-order chi connectivity index (χ0) is 37.2. The summed E-state index contributed by atoms with van der Waals surface area (Å²) in [5.74, 6) is 3.27.